The minimum Gasteiger partial charge on any atom is -0.474 e. The van der Waals surface area contributed by atoms with Gasteiger partial charge in [-0.2, -0.15) is 0 Å². The van der Waals surface area contributed by atoms with Crippen LogP contribution in [-0.4, -0.2) is 42.8 Å². The third-order valence-corrected chi connectivity index (χ3v) is 6.68. The molecule has 0 atom stereocenters. The summed E-state index contributed by atoms with van der Waals surface area (Å²) in [6.07, 6.45) is 2.81. The lowest BCUT2D eigenvalue weighted by molar-refractivity contribution is 0.310. The highest BCUT2D eigenvalue weighted by atomic mass is 32.2. The van der Waals surface area contributed by atoms with Gasteiger partial charge in [0, 0.05) is 41.2 Å². The number of nitrogens with two attached hydrogens (primary N) is 2. The maximum absolute atomic E-state index is 15.1. The summed E-state index contributed by atoms with van der Waals surface area (Å²) in [7, 11) is -3.31. The van der Waals surface area contributed by atoms with Crippen LogP contribution in [0.4, 0.5) is 21.7 Å². The van der Waals surface area contributed by atoms with Crippen molar-refractivity contribution in [3.05, 3.63) is 53.5 Å². The molecule has 0 amide bonds. The Morgan fingerprint density at radius 3 is 2.69 bits per heavy atom. The maximum atomic E-state index is 15.1. The molecule has 35 heavy (non-hydrogen) atoms. The largest absolute Gasteiger partial charge is 0.474 e. The molecule has 180 valence electrons. The Morgan fingerprint density at radius 1 is 1.14 bits per heavy atom. The zero-order valence-corrected chi connectivity index (χ0v) is 19.9. The molecule has 1 aliphatic rings. The molecule has 0 bridgehead atoms. The molecule has 0 fully saturated rings. The number of aromatic nitrogens is 3. The van der Waals surface area contributed by atoms with E-state index in [1.807, 2.05) is 13.0 Å². The summed E-state index contributed by atoms with van der Waals surface area (Å²) in [4.78, 5) is 13.0. The minimum atomic E-state index is -3.31. The number of nitrogens with one attached hydrogen (secondary N) is 1. The summed E-state index contributed by atoms with van der Waals surface area (Å²) >= 11 is 0. The lowest BCUT2D eigenvalue weighted by atomic mass is 9.97. The van der Waals surface area contributed by atoms with Crippen LogP contribution in [0, 0.1) is 12.7 Å². The highest BCUT2D eigenvalue weighted by Gasteiger charge is 2.20. The summed E-state index contributed by atoms with van der Waals surface area (Å²) in [6.45, 7) is 3.19. The standard InChI is InChI=1S/C24H23FN6O3S/c1-12-16(10-29-23-21(12)28-5-6-34-23)14-8-18(26)20-19(9-14)30-24(27)31-22(20)15-4-3-13(7-17(15)25)11-35(2,32)33/h3-4,7-10,28H,5-6,11,26H2,1-2H3,(H2,27,30,31). The molecule has 9 nitrogen and oxygen atoms in total. The lowest BCUT2D eigenvalue weighted by Crippen LogP contribution is -2.20. The van der Waals surface area contributed by atoms with Crippen molar-refractivity contribution in [2.24, 2.45) is 0 Å². The second-order valence-electron chi connectivity index (χ2n) is 8.53. The van der Waals surface area contributed by atoms with Crippen LogP contribution in [0.2, 0.25) is 0 Å². The normalized spacial score (nSPS) is 13.2. The van der Waals surface area contributed by atoms with Crippen LogP contribution in [0.25, 0.3) is 33.3 Å². The summed E-state index contributed by atoms with van der Waals surface area (Å²) in [5.74, 6) is -0.389. The monoisotopic (exact) mass is 494 g/mol. The van der Waals surface area contributed by atoms with Crippen LogP contribution in [0.1, 0.15) is 11.1 Å². The van der Waals surface area contributed by atoms with Gasteiger partial charge in [-0.05, 0) is 47.9 Å². The van der Waals surface area contributed by atoms with Gasteiger partial charge in [-0.3, -0.25) is 0 Å². The molecule has 4 aromatic rings. The van der Waals surface area contributed by atoms with E-state index < -0.39 is 15.7 Å². The Morgan fingerprint density at radius 2 is 1.94 bits per heavy atom. The Balaban J connectivity index is 1.65. The first-order valence-electron chi connectivity index (χ1n) is 10.8. The predicted octanol–water partition coefficient (Wildman–Crippen LogP) is 3.32. The van der Waals surface area contributed by atoms with Crippen molar-refractivity contribution in [2.45, 2.75) is 12.7 Å². The Kier molecular flexibility index (Phi) is 5.43. The van der Waals surface area contributed by atoms with E-state index in [0.717, 1.165) is 28.6 Å². The number of benzene rings is 2. The second kappa shape index (κ2) is 8.35. The van der Waals surface area contributed by atoms with E-state index in [4.69, 9.17) is 16.2 Å². The predicted molar refractivity (Wildman–Crippen MR) is 134 cm³/mol. The average molecular weight is 495 g/mol. The fraction of sp³-hybridized carbons (Fsp3) is 0.208. The number of hydrogen-bond donors (Lipinski definition) is 3. The van der Waals surface area contributed by atoms with Crippen molar-refractivity contribution in [3.63, 3.8) is 0 Å². The zero-order valence-electron chi connectivity index (χ0n) is 19.1. The molecule has 2 aromatic carbocycles. The number of hydrogen-bond acceptors (Lipinski definition) is 9. The quantitative estimate of drug-likeness (QED) is 0.364. The van der Waals surface area contributed by atoms with Crippen molar-refractivity contribution < 1.29 is 17.5 Å². The maximum Gasteiger partial charge on any atom is 0.237 e. The number of sulfone groups is 1. The van der Waals surface area contributed by atoms with Gasteiger partial charge in [0.15, 0.2) is 9.84 Å². The van der Waals surface area contributed by atoms with Gasteiger partial charge in [-0.15, -0.1) is 0 Å². The first-order valence-corrected chi connectivity index (χ1v) is 12.9. The van der Waals surface area contributed by atoms with Crippen LogP contribution in [0.3, 0.4) is 0 Å². The second-order valence-corrected chi connectivity index (χ2v) is 10.7. The first kappa shape index (κ1) is 22.8. The van der Waals surface area contributed by atoms with E-state index in [1.165, 1.54) is 12.1 Å². The molecule has 5 N–H and O–H groups in total. The third kappa shape index (κ3) is 4.30. The van der Waals surface area contributed by atoms with Crippen molar-refractivity contribution in [3.8, 4) is 28.3 Å². The fourth-order valence-electron chi connectivity index (χ4n) is 4.32. The summed E-state index contributed by atoms with van der Waals surface area (Å²) in [6, 6.07) is 7.78. The highest BCUT2D eigenvalue weighted by molar-refractivity contribution is 7.89. The van der Waals surface area contributed by atoms with Crippen LogP contribution in [0.5, 0.6) is 5.88 Å². The number of anilines is 3. The van der Waals surface area contributed by atoms with E-state index in [-0.39, 0.29) is 23.0 Å². The number of rotatable bonds is 4. The zero-order chi connectivity index (χ0) is 24.9. The molecule has 3 heterocycles. The smallest absolute Gasteiger partial charge is 0.237 e. The molecular formula is C24H23FN6O3S. The highest BCUT2D eigenvalue weighted by Crippen LogP contribution is 2.39. The first-order chi connectivity index (χ1) is 16.6. The summed E-state index contributed by atoms with van der Waals surface area (Å²) in [5, 5.41) is 3.76. The molecule has 0 aliphatic carbocycles. The SMILES string of the molecule is Cc1c(-c2cc(N)c3c(-c4ccc(CS(C)(=O)=O)cc4F)nc(N)nc3c2)cnc2c1NCCO2. The van der Waals surface area contributed by atoms with Crippen LogP contribution in [-0.2, 0) is 15.6 Å². The molecule has 0 saturated carbocycles. The molecule has 0 saturated heterocycles. The van der Waals surface area contributed by atoms with E-state index in [2.05, 4.69) is 20.3 Å². The van der Waals surface area contributed by atoms with Crippen LogP contribution in [0.15, 0.2) is 36.5 Å². The van der Waals surface area contributed by atoms with Gasteiger partial charge in [-0.1, -0.05) is 6.07 Å². The molecule has 11 heteroatoms. The molecule has 2 aromatic heterocycles. The van der Waals surface area contributed by atoms with E-state index in [9.17, 15) is 8.42 Å². The van der Waals surface area contributed by atoms with E-state index in [1.54, 1.807) is 18.3 Å². The number of nitrogen functional groups attached to an aromatic ring is 2. The van der Waals surface area contributed by atoms with E-state index >= 15 is 4.39 Å². The Labute approximate surface area is 201 Å². The molecule has 1 aliphatic heterocycles. The van der Waals surface area contributed by atoms with Gasteiger partial charge in [0.25, 0.3) is 0 Å². The molecule has 0 radical (unpaired) electrons. The van der Waals surface area contributed by atoms with Gasteiger partial charge < -0.3 is 21.5 Å². The topological polar surface area (TPSA) is 146 Å². The molecular weight excluding hydrogens is 471 g/mol. The summed E-state index contributed by atoms with van der Waals surface area (Å²) in [5.41, 5.74) is 17.3. The van der Waals surface area contributed by atoms with Crippen LogP contribution >= 0.6 is 0 Å². The number of nitrogens with zero attached hydrogens (tertiary/aromatic N) is 3. The van der Waals surface area contributed by atoms with Gasteiger partial charge >= 0.3 is 0 Å². The van der Waals surface area contributed by atoms with Gasteiger partial charge in [0.2, 0.25) is 11.8 Å². The van der Waals surface area contributed by atoms with Crippen LogP contribution < -0.4 is 21.5 Å². The fourth-order valence-corrected chi connectivity index (χ4v) is 5.10. The number of fused-ring (bicyclic) bond motifs is 2. The van der Waals surface area contributed by atoms with E-state index in [0.29, 0.717) is 41.2 Å². The van der Waals surface area contributed by atoms with Crippen molar-refractivity contribution in [1.82, 2.24) is 15.0 Å². The van der Waals surface area contributed by atoms with Gasteiger partial charge in [-0.25, -0.2) is 27.8 Å². The molecule has 0 spiro atoms. The number of pyridine rings is 1. The van der Waals surface area contributed by atoms with Gasteiger partial charge in [0.1, 0.15) is 18.1 Å². The number of ether oxygens (including phenoxy) is 1. The Hall–Kier alpha value is -3.99. The Bertz CT molecular complexity index is 1610. The van der Waals surface area contributed by atoms with Gasteiger partial charge in [0.05, 0.1) is 17.0 Å². The average Bonchev–Trinajstić information content (AvgIpc) is 2.77. The molecule has 0 unspecified atom stereocenters. The third-order valence-electron chi connectivity index (χ3n) is 5.82. The molecule has 5 rings (SSSR count). The minimum absolute atomic E-state index is 0.0426. The number of halogens is 1. The van der Waals surface area contributed by atoms with Crippen molar-refractivity contribution in [2.75, 3.05) is 36.2 Å². The lowest BCUT2D eigenvalue weighted by Gasteiger charge is -2.21. The summed E-state index contributed by atoms with van der Waals surface area (Å²) < 4.78 is 43.9. The van der Waals surface area contributed by atoms with Crippen molar-refractivity contribution in [1.29, 1.82) is 0 Å². The van der Waals surface area contributed by atoms with Crippen molar-refractivity contribution >= 4 is 38.1 Å².